The lowest BCUT2D eigenvalue weighted by molar-refractivity contribution is -0.151. The summed E-state index contributed by atoms with van der Waals surface area (Å²) in [5.41, 5.74) is 0. The van der Waals surface area contributed by atoms with E-state index in [1.807, 2.05) is 6.92 Å². The number of fused-ring (bicyclic) bond motifs is 1. The molecule has 4 unspecified atom stereocenters. The fraction of sp³-hybridized carbons (Fsp3) is 0.875. The van der Waals surface area contributed by atoms with Gasteiger partial charge in [0.2, 0.25) is 5.91 Å². The van der Waals surface area contributed by atoms with Crippen LogP contribution < -0.4 is 0 Å². The highest BCUT2D eigenvalue weighted by Gasteiger charge is 2.50. The minimum Gasteiger partial charge on any atom is -0.480 e. The van der Waals surface area contributed by atoms with Crippen molar-refractivity contribution < 1.29 is 14.7 Å². The number of amides is 1. The zero-order chi connectivity index (χ0) is 14.7. The molecule has 4 nitrogen and oxygen atoms in total. The van der Waals surface area contributed by atoms with E-state index < -0.39 is 12.0 Å². The lowest BCUT2D eigenvalue weighted by atomic mass is 9.93. The van der Waals surface area contributed by atoms with Gasteiger partial charge in [-0.05, 0) is 37.5 Å². The predicted octanol–water partition coefficient (Wildman–Crippen LogP) is 2.91. The first-order chi connectivity index (χ1) is 9.60. The summed E-state index contributed by atoms with van der Waals surface area (Å²) in [6, 6.07) is -0.564. The van der Waals surface area contributed by atoms with Gasteiger partial charge in [-0.25, -0.2) is 4.79 Å². The van der Waals surface area contributed by atoms with Gasteiger partial charge in [-0.15, -0.1) is 0 Å². The van der Waals surface area contributed by atoms with Crippen LogP contribution in [0.3, 0.4) is 0 Å². The molecule has 4 atom stereocenters. The summed E-state index contributed by atoms with van der Waals surface area (Å²) in [4.78, 5) is 26.0. The number of carbonyl (C=O) groups excluding carboxylic acids is 1. The van der Waals surface area contributed by atoms with Crippen LogP contribution in [0.1, 0.15) is 58.8 Å². The third-order valence-electron chi connectivity index (χ3n) is 5.17. The molecule has 20 heavy (non-hydrogen) atoms. The number of carboxylic acid groups (broad SMARTS) is 1. The Morgan fingerprint density at radius 1 is 1.30 bits per heavy atom. The normalized spacial score (nSPS) is 30.3. The third-order valence-corrected chi connectivity index (χ3v) is 5.17. The Kier molecular flexibility index (Phi) is 5.06. The average Bonchev–Trinajstić information content (AvgIpc) is 2.98. The predicted molar refractivity (Wildman–Crippen MR) is 77.3 cm³/mol. The number of hydrogen-bond donors (Lipinski definition) is 1. The minimum atomic E-state index is -0.807. The Morgan fingerprint density at radius 2 is 2.05 bits per heavy atom. The van der Waals surface area contributed by atoms with Gasteiger partial charge in [0.1, 0.15) is 6.04 Å². The molecule has 114 valence electrons. The lowest BCUT2D eigenvalue weighted by Crippen LogP contribution is -2.45. The van der Waals surface area contributed by atoms with Crippen LogP contribution in [0.4, 0.5) is 0 Å². The van der Waals surface area contributed by atoms with E-state index in [0.717, 1.165) is 44.9 Å². The second-order valence-electron chi connectivity index (χ2n) is 6.38. The standard InChI is InChI=1S/C16H27NO3/c1-3-5-7-11(4-2)15(18)17-10-12-8-6-9-13(12)14(17)16(19)20/h11-14H,3-10H2,1-2H3,(H,19,20). The molecule has 1 saturated carbocycles. The Morgan fingerprint density at radius 3 is 2.65 bits per heavy atom. The van der Waals surface area contributed by atoms with Gasteiger partial charge >= 0.3 is 5.97 Å². The fourth-order valence-electron chi connectivity index (χ4n) is 4.04. The minimum absolute atomic E-state index is 0.00984. The van der Waals surface area contributed by atoms with Gasteiger partial charge in [0.05, 0.1) is 0 Å². The van der Waals surface area contributed by atoms with E-state index in [4.69, 9.17) is 0 Å². The van der Waals surface area contributed by atoms with E-state index in [1.165, 1.54) is 0 Å². The molecule has 1 saturated heterocycles. The van der Waals surface area contributed by atoms with Gasteiger partial charge in [-0.3, -0.25) is 4.79 Å². The molecule has 2 fully saturated rings. The van der Waals surface area contributed by atoms with Gasteiger partial charge in [0.15, 0.2) is 0 Å². The van der Waals surface area contributed by atoms with Gasteiger partial charge < -0.3 is 10.0 Å². The van der Waals surface area contributed by atoms with Gasteiger partial charge in [-0.2, -0.15) is 0 Å². The summed E-state index contributed by atoms with van der Waals surface area (Å²) in [5.74, 6) is -0.0969. The smallest absolute Gasteiger partial charge is 0.326 e. The molecule has 2 rings (SSSR count). The van der Waals surface area contributed by atoms with Crippen LogP contribution in [0.25, 0.3) is 0 Å². The van der Waals surface area contributed by atoms with E-state index in [-0.39, 0.29) is 17.7 Å². The first kappa shape index (κ1) is 15.3. The van der Waals surface area contributed by atoms with Crippen LogP contribution in [0.5, 0.6) is 0 Å². The Labute approximate surface area is 121 Å². The van der Waals surface area contributed by atoms with Gasteiger partial charge in [0.25, 0.3) is 0 Å². The molecule has 2 aliphatic rings. The number of carboxylic acids is 1. The maximum Gasteiger partial charge on any atom is 0.326 e. The molecule has 1 amide bonds. The van der Waals surface area contributed by atoms with Gasteiger partial charge in [-0.1, -0.05) is 33.1 Å². The van der Waals surface area contributed by atoms with E-state index in [1.54, 1.807) is 4.90 Å². The highest BCUT2D eigenvalue weighted by Crippen LogP contribution is 2.43. The van der Waals surface area contributed by atoms with Crippen molar-refractivity contribution in [3.05, 3.63) is 0 Å². The van der Waals surface area contributed by atoms with Crippen LogP contribution in [0, 0.1) is 17.8 Å². The van der Waals surface area contributed by atoms with Crippen molar-refractivity contribution in [1.82, 2.24) is 4.90 Å². The Hall–Kier alpha value is -1.06. The highest BCUT2D eigenvalue weighted by molar-refractivity contribution is 5.86. The molecule has 0 spiro atoms. The summed E-state index contributed by atoms with van der Waals surface area (Å²) < 4.78 is 0. The van der Waals surface area contributed by atoms with E-state index in [2.05, 4.69) is 6.92 Å². The first-order valence-electron chi connectivity index (χ1n) is 8.13. The second-order valence-corrected chi connectivity index (χ2v) is 6.38. The third kappa shape index (κ3) is 2.84. The van der Waals surface area contributed by atoms with Crippen molar-refractivity contribution in [1.29, 1.82) is 0 Å². The van der Waals surface area contributed by atoms with E-state index in [0.29, 0.717) is 12.5 Å². The highest BCUT2D eigenvalue weighted by atomic mass is 16.4. The molecule has 0 aromatic carbocycles. The van der Waals surface area contributed by atoms with Crippen molar-refractivity contribution >= 4 is 11.9 Å². The van der Waals surface area contributed by atoms with Crippen LogP contribution in [-0.4, -0.2) is 34.5 Å². The number of unbranched alkanes of at least 4 members (excludes halogenated alkanes) is 1. The van der Waals surface area contributed by atoms with Crippen molar-refractivity contribution in [2.24, 2.45) is 17.8 Å². The molecule has 1 N–H and O–H groups in total. The molecule has 1 heterocycles. The summed E-state index contributed by atoms with van der Waals surface area (Å²) >= 11 is 0. The number of carbonyl (C=O) groups is 2. The van der Waals surface area contributed by atoms with Crippen molar-refractivity contribution in [3.8, 4) is 0 Å². The fourth-order valence-corrected chi connectivity index (χ4v) is 4.04. The molecule has 0 aromatic rings. The molecule has 1 aliphatic carbocycles. The maximum absolute atomic E-state index is 12.7. The molecule has 4 heteroatoms. The van der Waals surface area contributed by atoms with Gasteiger partial charge in [0, 0.05) is 12.5 Å². The van der Waals surface area contributed by atoms with Crippen molar-refractivity contribution in [3.63, 3.8) is 0 Å². The summed E-state index contributed by atoms with van der Waals surface area (Å²) in [6.45, 7) is 4.82. The number of likely N-dealkylation sites (tertiary alicyclic amines) is 1. The topological polar surface area (TPSA) is 57.6 Å². The zero-order valence-corrected chi connectivity index (χ0v) is 12.7. The molecular formula is C16H27NO3. The first-order valence-corrected chi connectivity index (χ1v) is 8.13. The largest absolute Gasteiger partial charge is 0.480 e. The van der Waals surface area contributed by atoms with E-state index >= 15 is 0 Å². The number of aliphatic carboxylic acids is 1. The number of nitrogens with zero attached hydrogens (tertiary/aromatic N) is 1. The summed E-state index contributed by atoms with van der Waals surface area (Å²) in [5, 5.41) is 9.52. The summed E-state index contributed by atoms with van der Waals surface area (Å²) in [7, 11) is 0. The number of hydrogen-bond acceptors (Lipinski definition) is 2. The molecule has 0 aromatic heterocycles. The van der Waals surface area contributed by atoms with Crippen LogP contribution in [0.2, 0.25) is 0 Å². The quantitative estimate of drug-likeness (QED) is 0.814. The van der Waals surface area contributed by atoms with Crippen LogP contribution >= 0.6 is 0 Å². The van der Waals surface area contributed by atoms with E-state index in [9.17, 15) is 14.7 Å². The summed E-state index contributed by atoms with van der Waals surface area (Å²) in [6.07, 6.45) is 7.01. The van der Waals surface area contributed by atoms with Crippen molar-refractivity contribution in [2.45, 2.75) is 64.8 Å². The van der Waals surface area contributed by atoms with Crippen LogP contribution in [-0.2, 0) is 9.59 Å². The maximum atomic E-state index is 12.7. The molecule has 0 bridgehead atoms. The number of rotatable bonds is 6. The molecule has 1 aliphatic heterocycles. The SMILES string of the molecule is CCCCC(CC)C(=O)N1CC2CCCC2C1C(=O)O. The lowest BCUT2D eigenvalue weighted by Gasteiger charge is -2.28. The molecular weight excluding hydrogens is 254 g/mol. The average molecular weight is 281 g/mol. The monoisotopic (exact) mass is 281 g/mol. The Balaban J connectivity index is 2.09. The zero-order valence-electron chi connectivity index (χ0n) is 12.7. The molecule has 0 radical (unpaired) electrons. The second kappa shape index (κ2) is 6.59. The van der Waals surface area contributed by atoms with Crippen LogP contribution in [0.15, 0.2) is 0 Å². The Bertz CT molecular complexity index is 369. The van der Waals surface area contributed by atoms with Crippen molar-refractivity contribution in [2.75, 3.05) is 6.54 Å².